The van der Waals surface area contributed by atoms with Crippen LogP contribution in [0.15, 0.2) is 46.9 Å². The number of piperidine rings is 1. The molecule has 0 aliphatic carbocycles. The topological polar surface area (TPSA) is 103 Å². The van der Waals surface area contributed by atoms with Crippen LogP contribution < -0.4 is 5.32 Å². The van der Waals surface area contributed by atoms with E-state index in [1.54, 1.807) is 22.8 Å². The van der Waals surface area contributed by atoms with Crippen LogP contribution >= 0.6 is 0 Å². The molecule has 38 heavy (non-hydrogen) atoms. The third-order valence-corrected chi connectivity index (χ3v) is 7.99. The van der Waals surface area contributed by atoms with Gasteiger partial charge in [-0.1, -0.05) is 30.3 Å². The van der Waals surface area contributed by atoms with Gasteiger partial charge in [-0.25, -0.2) is 0 Å². The fourth-order valence-corrected chi connectivity index (χ4v) is 5.90. The van der Waals surface area contributed by atoms with E-state index < -0.39 is 0 Å². The van der Waals surface area contributed by atoms with E-state index in [2.05, 4.69) is 5.32 Å². The number of piperazine rings is 1. The maximum absolute atomic E-state index is 13.4. The standard InChI is InChI=1S/C29H30N4O5/c1-18(34)33-10-4-6-20(17-33)28(36)31-11-13-32(14-12-31)29(37)25-15-19-5-2-8-22(26(19)38-25)21-7-3-9-23-24(21)16-30-27(23)35/h2-3,5,7-9,15,20H,4,6,10-14,16-17H2,1H3,(H,30,35)/t20-/m0/s1. The second-order valence-corrected chi connectivity index (χ2v) is 10.3. The second-order valence-electron chi connectivity index (χ2n) is 10.3. The zero-order valence-corrected chi connectivity index (χ0v) is 21.4. The Hall–Kier alpha value is -4.14. The maximum Gasteiger partial charge on any atom is 0.289 e. The molecule has 2 aromatic carbocycles. The summed E-state index contributed by atoms with van der Waals surface area (Å²) < 4.78 is 6.14. The van der Waals surface area contributed by atoms with E-state index in [1.165, 1.54) is 0 Å². The van der Waals surface area contributed by atoms with E-state index in [0.717, 1.165) is 34.9 Å². The van der Waals surface area contributed by atoms with E-state index >= 15 is 0 Å². The number of hydrogen-bond donors (Lipinski definition) is 1. The number of hydrogen-bond acceptors (Lipinski definition) is 5. The van der Waals surface area contributed by atoms with Gasteiger partial charge in [-0.3, -0.25) is 19.2 Å². The Morgan fingerprint density at radius 3 is 2.39 bits per heavy atom. The molecular formula is C29H30N4O5. The Morgan fingerprint density at radius 1 is 0.895 bits per heavy atom. The van der Waals surface area contributed by atoms with Crippen LogP contribution in [-0.4, -0.2) is 77.6 Å². The van der Waals surface area contributed by atoms with Gasteiger partial charge in [0.05, 0.1) is 5.92 Å². The Kier molecular flexibility index (Phi) is 6.13. The van der Waals surface area contributed by atoms with Gasteiger partial charge in [0.15, 0.2) is 5.76 Å². The molecule has 0 radical (unpaired) electrons. The van der Waals surface area contributed by atoms with Crippen molar-refractivity contribution < 1.29 is 23.6 Å². The van der Waals surface area contributed by atoms with Crippen molar-refractivity contribution in [1.82, 2.24) is 20.0 Å². The third-order valence-electron chi connectivity index (χ3n) is 7.99. The van der Waals surface area contributed by atoms with Gasteiger partial charge in [-0.05, 0) is 36.1 Å². The first-order chi connectivity index (χ1) is 18.4. The van der Waals surface area contributed by atoms with Gasteiger partial charge in [-0.2, -0.15) is 0 Å². The lowest BCUT2D eigenvalue weighted by atomic mass is 9.96. The molecule has 2 fully saturated rings. The normalized spacial score (nSPS) is 19.4. The Morgan fingerprint density at radius 2 is 1.61 bits per heavy atom. The summed E-state index contributed by atoms with van der Waals surface area (Å²) in [4.78, 5) is 55.7. The highest BCUT2D eigenvalue weighted by atomic mass is 16.3. The number of furan rings is 1. The lowest BCUT2D eigenvalue weighted by molar-refractivity contribution is -0.141. The molecule has 196 valence electrons. The van der Waals surface area contributed by atoms with Crippen molar-refractivity contribution in [3.05, 3.63) is 59.4 Å². The summed E-state index contributed by atoms with van der Waals surface area (Å²) >= 11 is 0. The van der Waals surface area contributed by atoms with Crippen molar-refractivity contribution in [2.45, 2.75) is 26.3 Å². The zero-order chi connectivity index (χ0) is 26.4. The Labute approximate surface area is 220 Å². The number of para-hydroxylation sites is 1. The molecule has 9 heteroatoms. The van der Waals surface area contributed by atoms with Crippen molar-refractivity contribution >= 4 is 34.6 Å². The molecule has 2 saturated heterocycles. The number of carbonyl (C=O) groups is 4. The van der Waals surface area contributed by atoms with Gasteiger partial charge in [0.1, 0.15) is 5.58 Å². The van der Waals surface area contributed by atoms with E-state index in [-0.39, 0.29) is 35.3 Å². The van der Waals surface area contributed by atoms with Crippen LogP contribution in [-0.2, 0) is 16.1 Å². The fraction of sp³-hybridized carbons (Fsp3) is 0.379. The lowest BCUT2D eigenvalue weighted by Crippen LogP contribution is -2.54. The van der Waals surface area contributed by atoms with Gasteiger partial charge in [0, 0.05) is 69.3 Å². The van der Waals surface area contributed by atoms with E-state index in [4.69, 9.17) is 4.42 Å². The first-order valence-electron chi connectivity index (χ1n) is 13.2. The van der Waals surface area contributed by atoms with Crippen molar-refractivity contribution in [1.29, 1.82) is 0 Å². The first kappa shape index (κ1) is 24.2. The predicted octanol–water partition coefficient (Wildman–Crippen LogP) is 2.89. The summed E-state index contributed by atoms with van der Waals surface area (Å²) in [6.45, 7) is 4.97. The fourth-order valence-electron chi connectivity index (χ4n) is 5.90. The molecule has 0 saturated carbocycles. The SMILES string of the molecule is CC(=O)N1CCC[C@H](C(=O)N2CCN(C(=O)c3cc4cccc(-c5cccc6c5CNC6=O)c4o3)CC2)C1. The highest BCUT2D eigenvalue weighted by Crippen LogP contribution is 2.36. The van der Waals surface area contributed by atoms with Crippen LogP contribution in [0.1, 0.15) is 46.2 Å². The molecule has 0 spiro atoms. The number of benzene rings is 2. The molecule has 4 heterocycles. The zero-order valence-electron chi connectivity index (χ0n) is 21.4. The number of likely N-dealkylation sites (tertiary alicyclic amines) is 1. The molecule has 0 unspecified atom stereocenters. The minimum absolute atomic E-state index is 0.00807. The molecular weight excluding hydrogens is 484 g/mol. The summed E-state index contributed by atoms with van der Waals surface area (Å²) in [7, 11) is 0. The molecule has 0 bridgehead atoms. The molecule has 1 N–H and O–H groups in total. The van der Waals surface area contributed by atoms with Crippen LogP contribution in [0.5, 0.6) is 0 Å². The van der Waals surface area contributed by atoms with Crippen molar-refractivity contribution in [3.63, 3.8) is 0 Å². The number of fused-ring (bicyclic) bond motifs is 2. The quantitative estimate of drug-likeness (QED) is 0.579. The Bertz CT molecular complexity index is 1450. The molecule has 3 aliphatic heterocycles. The van der Waals surface area contributed by atoms with Crippen LogP contribution in [0.2, 0.25) is 0 Å². The van der Waals surface area contributed by atoms with Gasteiger partial charge in [0.2, 0.25) is 11.8 Å². The highest BCUT2D eigenvalue weighted by Gasteiger charge is 2.33. The molecule has 1 atom stereocenters. The molecule has 3 aliphatic rings. The molecule has 1 aromatic heterocycles. The summed E-state index contributed by atoms with van der Waals surface area (Å²) in [6.07, 6.45) is 1.62. The second kappa shape index (κ2) is 9.63. The van der Waals surface area contributed by atoms with Crippen molar-refractivity contribution in [2.75, 3.05) is 39.3 Å². The monoisotopic (exact) mass is 514 g/mol. The Balaban J connectivity index is 1.17. The largest absolute Gasteiger partial charge is 0.450 e. The number of carbonyl (C=O) groups excluding carboxylic acids is 4. The van der Waals surface area contributed by atoms with Crippen LogP contribution in [0.4, 0.5) is 0 Å². The number of rotatable bonds is 3. The van der Waals surface area contributed by atoms with E-state index in [0.29, 0.717) is 57.0 Å². The summed E-state index contributed by atoms with van der Waals surface area (Å²) in [6, 6.07) is 13.2. The molecule has 6 rings (SSSR count). The average Bonchev–Trinajstić information content (AvgIpc) is 3.56. The number of nitrogens with one attached hydrogen (secondary N) is 1. The van der Waals surface area contributed by atoms with Gasteiger partial charge < -0.3 is 24.4 Å². The number of amides is 4. The smallest absolute Gasteiger partial charge is 0.289 e. The van der Waals surface area contributed by atoms with Crippen LogP contribution in [0.3, 0.4) is 0 Å². The average molecular weight is 515 g/mol. The van der Waals surface area contributed by atoms with E-state index in [9.17, 15) is 19.2 Å². The van der Waals surface area contributed by atoms with Crippen molar-refractivity contribution in [3.8, 4) is 11.1 Å². The van der Waals surface area contributed by atoms with Gasteiger partial charge in [-0.15, -0.1) is 0 Å². The third kappa shape index (κ3) is 4.21. The van der Waals surface area contributed by atoms with Crippen molar-refractivity contribution in [2.24, 2.45) is 5.92 Å². The summed E-state index contributed by atoms with van der Waals surface area (Å²) in [5.74, 6) is -0.114. The van der Waals surface area contributed by atoms with Gasteiger partial charge in [0.25, 0.3) is 11.8 Å². The minimum Gasteiger partial charge on any atom is -0.450 e. The minimum atomic E-state index is -0.199. The van der Waals surface area contributed by atoms with Crippen LogP contribution in [0, 0.1) is 5.92 Å². The summed E-state index contributed by atoms with van der Waals surface area (Å²) in [5, 5.41) is 3.69. The summed E-state index contributed by atoms with van der Waals surface area (Å²) in [5.41, 5.74) is 3.97. The van der Waals surface area contributed by atoms with Crippen LogP contribution in [0.25, 0.3) is 22.1 Å². The molecule has 9 nitrogen and oxygen atoms in total. The highest BCUT2D eigenvalue weighted by molar-refractivity contribution is 6.04. The maximum atomic E-state index is 13.4. The first-order valence-corrected chi connectivity index (χ1v) is 13.2. The molecule has 4 amide bonds. The molecule has 3 aromatic rings. The lowest BCUT2D eigenvalue weighted by Gasteiger charge is -2.38. The van der Waals surface area contributed by atoms with Gasteiger partial charge >= 0.3 is 0 Å². The predicted molar refractivity (Wildman–Crippen MR) is 140 cm³/mol. The number of nitrogens with zero attached hydrogens (tertiary/aromatic N) is 3. The van der Waals surface area contributed by atoms with E-state index in [1.807, 2.05) is 41.3 Å².